The number of nitro benzene ring substituents is 1. The smallest absolute Gasteiger partial charge is 0.269 e. The molecule has 29 heavy (non-hydrogen) atoms. The van der Waals surface area contributed by atoms with Crippen LogP contribution in [0.15, 0.2) is 66.7 Å². The van der Waals surface area contributed by atoms with Crippen molar-refractivity contribution in [1.82, 2.24) is 0 Å². The number of carbonyl (C=O) groups excluding carboxylic acids is 1. The van der Waals surface area contributed by atoms with Crippen molar-refractivity contribution >= 4 is 17.3 Å². The van der Waals surface area contributed by atoms with E-state index < -0.39 is 4.92 Å². The Morgan fingerprint density at radius 1 is 1.00 bits per heavy atom. The summed E-state index contributed by atoms with van der Waals surface area (Å²) in [5.41, 5.74) is 2.99. The molecular weight excluding hydrogens is 372 g/mol. The molecule has 0 aliphatic rings. The first-order chi connectivity index (χ1) is 14.0. The fourth-order valence-corrected chi connectivity index (χ4v) is 2.64. The van der Waals surface area contributed by atoms with Gasteiger partial charge in [0, 0.05) is 23.4 Å². The van der Waals surface area contributed by atoms with Crippen molar-refractivity contribution in [2.45, 2.75) is 13.5 Å². The zero-order chi connectivity index (χ0) is 20.8. The van der Waals surface area contributed by atoms with Crippen LogP contribution in [0, 0.1) is 17.0 Å². The molecule has 0 atom stereocenters. The summed E-state index contributed by atoms with van der Waals surface area (Å²) in [4.78, 5) is 22.7. The average molecular weight is 392 g/mol. The molecule has 0 aliphatic carbocycles. The molecule has 1 N–H and O–H groups in total. The van der Waals surface area contributed by atoms with Gasteiger partial charge in [-0.3, -0.25) is 14.9 Å². The molecule has 7 nitrogen and oxygen atoms in total. The highest BCUT2D eigenvalue weighted by Crippen LogP contribution is 2.29. The fraction of sp³-hybridized carbons (Fsp3) is 0.136. The molecule has 3 aromatic rings. The van der Waals surface area contributed by atoms with E-state index in [0.717, 1.165) is 5.56 Å². The lowest BCUT2D eigenvalue weighted by molar-refractivity contribution is -0.384. The molecule has 0 unspecified atom stereocenters. The van der Waals surface area contributed by atoms with Crippen LogP contribution in [-0.4, -0.2) is 17.9 Å². The summed E-state index contributed by atoms with van der Waals surface area (Å²) in [6, 6.07) is 18.5. The van der Waals surface area contributed by atoms with E-state index in [1.165, 1.54) is 36.9 Å². The lowest BCUT2D eigenvalue weighted by Gasteiger charge is -2.12. The van der Waals surface area contributed by atoms with Crippen molar-refractivity contribution in [3.8, 4) is 11.5 Å². The van der Waals surface area contributed by atoms with Crippen molar-refractivity contribution in [2.75, 3.05) is 12.4 Å². The SMILES string of the molecule is COc1cc(C(=O)Nc2ccc([N+](=O)[O-])cc2)ccc1OCc1ccc(C)cc1. The normalized spacial score (nSPS) is 10.3. The molecule has 1 amide bonds. The first-order valence-corrected chi connectivity index (χ1v) is 8.88. The van der Waals surface area contributed by atoms with Crippen LogP contribution in [0.1, 0.15) is 21.5 Å². The van der Waals surface area contributed by atoms with E-state index >= 15 is 0 Å². The Bertz CT molecular complexity index is 1010. The van der Waals surface area contributed by atoms with E-state index in [-0.39, 0.29) is 11.6 Å². The van der Waals surface area contributed by atoms with Gasteiger partial charge in [0.05, 0.1) is 12.0 Å². The van der Waals surface area contributed by atoms with E-state index in [9.17, 15) is 14.9 Å². The summed E-state index contributed by atoms with van der Waals surface area (Å²) in [5, 5.41) is 13.4. The molecule has 0 spiro atoms. The topological polar surface area (TPSA) is 90.7 Å². The van der Waals surface area contributed by atoms with E-state index in [0.29, 0.717) is 29.4 Å². The summed E-state index contributed by atoms with van der Waals surface area (Å²) in [7, 11) is 1.51. The van der Waals surface area contributed by atoms with Gasteiger partial charge in [0.15, 0.2) is 11.5 Å². The number of hydrogen-bond acceptors (Lipinski definition) is 5. The number of rotatable bonds is 7. The minimum atomic E-state index is -0.494. The van der Waals surface area contributed by atoms with Gasteiger partial charge in [-0.15, -0.1) is 0 Å². The third-order valence-corrected chi connectivity index (χ3v) is 4.28. The van der Waals surface area contributed by atoms with Crippen LogP contribution >= 0.6 is 0 Å². The molecule has 3 aromatic carbocycles. The first kappa shape index (κ1) is 19.9. The highest BCUT2D eigenvalue weighted by atomic mass is 16.6. The lowest BCUT2D eigenvalue weighted by atomic mass is 10.1. The van der Waals surface area contributed by atoms with E-state index in [1.54, 1.807) is 18.2 Å². The van der Waals surface area contributed by atoms with Gasteiger partial charge < -0.3 is 14.8 Å². The molecule has 0 heterocycles. The zero-order valence-electron chi connectivity index (χ0n) is 16.0. The Balaban J connectivity index is 1.69. The predicted octanol–water partition coefficient (Wildman–Crippen LogP) is 4.74. The number of anilines is 1. The van der Waals surface area contributed by atoms with Gasteiger partial charge in [0.25, 0.3) is 11.6 Å². The van der Waals surface area contributed by atoms with Gasteiger partial charge in [-0.1, -0.05) is 29.8 Å². The minimum absolute atomic E-state index is 0.0419. The molecule has 0 saturated carbocycles. The number of carbonyl (C=O) groups is 1. The van der Waals surface area contributed by atoms with Gasteiger partial charge >= 0.3 is 0 Å². The van der Waals surface area contributed by atoms with Gasteiger partial charge in [-0.25, -0.2) is 0 Å². The molecule has 0 saturated heterocycles. The van der Waals surface area contributed by atoms with Crippen LogP contribution in [0.25, 0.3) is 0 Å². The van der Waals surface area contributed by atoms with Crippen LogP contribution in [0.2, 0.25) is 0 Å². The van der Waals surface area contributed by atoms with E-state index in [1.807, 2.05) is 31.2 Å². The van der Waals surface area contributed by atoms with Crippen LogP contribution in [-0.2, 0) is 6.61 Å². The second kappa shape index (κ2) is 8.88. The van der Waals surface area contributed by atoms with Crippen LogP contribution in [0.4, 0.5) is 11.4 Å². The van der Waals surface area contributed by atoms with Gasteiger partial charge in [-0.05, 0) is 42.8 Å². The Labute approximate surface area is 168 Å². The molecule has 0 aliphatic heterocycles. The number of non-ortho nitro benzene ring substituents is 1. The number of methoxy groups -OCH3 is 1. The number of nitrogens with zero attached hydrogens (tertiary/aromatic N) is 1. The molecule has 0 aromatic heterocycles. The maximum Gasteiger partial charge on any atom is 0.269 e. The number of amides is 1. The lowest BCUT2D eigenvalue weighted by Crippen LogP contribution is -2.12. The number of ether oxygens (including phenoxy) is 2. The number of aryl methyl sites for hydroxylation is 1. The quantitative estimate of drug-likeness (QED) is 0.463. The molecule has 0 fully saturated rings. The van der Waals surface area contributed by atoms with Crippen LogP contribution in [0.5, 0.6) is 11.5 Å². The molecule has 0 radical (unpaired) electrons. The fourth-order valence-electron chi connectivity index (χ4n) is 2.64. The monoisotopic (exact) mass is 392 g/mol. The van der Waals surface area contributed by atoms with E-state index in [4.69, 9.17) is 9.47 Å². The highest BCUT2D eigenvalue weighted by molar-refractivity contribution is 6.04. The van der Waals surface area contributed by atoms with Crippen LogP contribution in [0.3, 0.4) is 0 Å². The molecule has 3 rings (SSSR count). The summed E-state index contributed by atoms with van der Waals surface area (Å²) in [6.45, 7) is 2.40. The Morgan fingerprint density at radius 3 is 2.31 bits per heavy atom. The minimum Gasteiger partial charge on any atom is -0.493 e. The maximum absolute atomic E-state index is 12.5. The van der Waals surface area contributed by atoms with Gasteiger partial charge in [0.2, 0.25) is 0 Å². The third-order valence-electron chi connectivity index (χ3n) is 4.28. The van der Waals surface area contributed by atoms with Crippen molar-refractivity contribution < 1.29 is 19.2 Å². The third kappa shape index (κ3) is 5.10. The number of hydrogen-bond donors (Lipinski definition) is 1. The zero-order valence-corrected chi connectivity index (χ0v) is 16.0. The Morgan fingerprint density at radius 2 is 1.69 bits per heavy atom. The second-order valence-electron chi connectivity index (χ2n) is 6.40. The van der Waals surface area contributed by atoms with Crippen molar-refractivity contribution in [1.29, 1.82) is 0 Å². The number of benzene rings is 3. The van der Waals surface area contributed by atoms with Crippen LogP contribution < -0.4 is 14.8 Å². The number of nitro groups is 1. The maximum atomic E-state index is 12.5. The average Bonchev–Trinajstić information content (AvgIpc) is 2.73. The molecule has 7 heteroatoms. The molecular formula is C22H20N2O5. The van der Waals surface area contributed by atoms with E-state index in [2.05, 4.69) is 5.32 Å². The van der Waals surface area contributed by atoms with Crippen molar-refractivity contribution in [2.24, 2.45) is 0 Å². The first-order valence-electron chi connectivity index (χ1n) is 8.88. The largest absolute Gasteiger partial charge is 0.493 e. The molecule has 0 bridgehead atoms. The van der Waals surface area contributed by atoms with Gasteiger partial charge in [-0.2, -0.15) is 0 Å². The summed E-state index contributed by atoms with van der Waals surface area (Å²) in [6.07, 6.45) is 0. The standard InChI is InChI=1S/C22H20N2O5/c1-15-3-5-16(6-4-15)14-29-20-12-7-17(13-21(20)28-2)22(25)23-18-8-10-19(11-9-18)24(26)27/h3-13H,14H2,1-2H3,(H,23,25). The Kier molecular flexibility index (Phi) is 6.09. The second-order valence-corrected chi connectivity index (χ2v) is 6.40. The summed E-state index contributed by atoms with van der Waals surface area (Å²) >= 11 is 0. The summed E-state index contributed by atoms with van der Waals surface area (Å²) in [5.74, 6) is 0.607. The number of nitrogens with one attached hydrogen (secondary N) is 1. The van der Waals surface area contributed by atoms with Crippen molar-refractivity contribution in [3.63, 3.8) is 0 Å². The summed E-state index contributed by atoms with van der Waals surface area (Å²) < 4.78 is 11.2. The molecule has 148 valence electrons. The highest BCUT2D eigenvalue weighted by Gasteiger charge is 2.13. The predicted molar refractivity (Wildman–Crippen MR) is 110 cm³/mol. The van der Waals surface area contributed by atoms with Crippen molar-refractivity contribution in [3.05, 3.63) is 93.5 Å². The van der Waals surface area contributed by atoms with Gasteiger partial charge in [0.1, 0.15) is 6.61 Å². The Hall–Kier alpha value is -3.87.